The Bertz CT molecular complexity index is 1210. The summed E-state index contributed by atoms with van der Waals surface area (Å²) in [7, 11) is -4.12. The second-order valence-corrected chi connectivity index (χ2v) is 8.54. The van der Waals surface area contributed by atoms with Crippen LogP contribution in [0, 0.1) is 6.92 Å². The Labute approximate surface area is 183 Å². The first-order valence-electron chi connectivity index (χ1n) is 9.32. The minimum Gasteiger partial charge on any atom is -0.484 e. The second kappa shape index (κ2) is 9.31. The Hall–Kier alpha value is -3.53. The first-order chi connectivity index (χ1) is 15.0. The Balaban J connectivity index is 1.61. The van der Waals surface area contributed by atoms with Gasteiger partial charge in [-0.2, -0.15) is 13.2 Å². The van der Waals surface area contributed by atoms with E-state index in [2.05, 4.69) is 10.0 Å². The topological polar surface area (TPSA) is 84.5 Å². The van der Waals surface area contributed by atoms with Gasteiger partial charge in [-0.1, -0.05) is 18.2 Å². The van der Waals surface area contributed by atoms with Crippen LogP contribution in [0.25, 0.3) is 0 Å². The summed E-state index contributed by atoms with van der Waals surface area (Å²) >= 11 is 0. The summed E-state index contributed by atoms with van der Waals surface area (Å²) in [5, 5.41) is 2.68. The summed E-state index contributed by atoms with van der Waals surface area (Å²) in [5.41, 5.74) is 0.429. The quantitative estimate of drug-likeness (QED) is 0.525. The number of carbonyl (C=O) groups is 1. The summed E-state index contributed by atoms with van der Waals surface area (Å²) in [5.74, 6) is -0.138. The maximum absolute atomic E-state index is 12.8. The van der Waals surface area contributed by atoms with E-state index < -0.39 is 27.7 Å². The molecule has 0 unspecified atom stereocenters. The van der Waals surface area contributed by atoms with E-state index in [1.54, 1.807) is 18.2 Å². The molecule has 6 nitrogen and oxygen atoms in total. The van der Waals surface area contributed by atoms with Crippen molar-refractivity contribution in [3.63, 3.8) is 0 Å². The molecule has 3 aromatic rings. The number of hydrogen-bond donors (Lipinski definition) is 2. The van der Waals surface area contributed by atoms with Gasteiger partial charge in [-0.3, -0.25) is 9.52 Å². The highest BCUT2D eigenvalue weighted by Crippen LogP contribution is 2.31. The molecule has 2 N–H and O–H groups in total. The zero-order valence-corrected chi connectivity index (χ0v) is 17.6. The lowest BCUT2D eigenvalue weighted by Gasteiger charge is -2.12. The molecule has 0 aliphatic heterocycles. The molecule has 0 aliphatic rings. The fourth-order valence-electron chi connectivity index (χ4n) is 2.76. The number of benzene rings is 3. The number of rotatable bonds is 7. The van der Waals surface area contributed by atoms with Crippen molar-refractivity contribution in [3.05, 3.63) is 83.9 Å². The van der Waals surface area contributed by atoms with Crippen molar-refractivity contribution < 1.29 is 31.1 Å². The normalized spacial score (nSPS) is 11.6. The number of sulfonamides is 1. The molecule has 0 spiro atoms. The number of nitrogens with one attached hydrogen (secondary N) is 2. The smallest absolute Gasteiger partial charge is 0.416 e. The molecule has 0 atom stereocenters. The monoisotopic (exact) mass is 464 g/mol. The van der Waals surface area contributed by atoms with E-state index in [9.17, 15) is 26.4 Å². The number of hydrogen-bond acceptors (Lipinski definition) is 4. The molecule has 0 aromatic heterocycles. The summed E-state index contributed by atoms with van der Waals surface area (Å²) in [6.07, 6.45) is -4.59. The molecule has 0 radical (unpaired) electrons. The molecule has 3 rings (SSSR count). The highest BCUT2D eigenvalue weighted by atomic mass is 32.2. The predicted octanol–water partition coefficient (Wildman–Crippen LogP) is 4.83. The maximum atomic E-state index is 12.8. The van der Waals surface area contributed by atoms with Crippen molar-refractivity contribution in [1.29, 1.82) is 0 Å². The molecule has 0 bridgehead atoms. The number of ether oxygens (including phenoxy) is 1. The van der Waals surface area contributed by atoms with Gasteiger partial charge < -0.3 is 10.1 Å². The van der Waals surface area contributed by atoms with Gasteiger partial charge in [-0.25, -0.2) is 8.42 Å². The van der Waals surface area contributed by atoms with Crippen LogP contribution < -0.4 is 14.8 Å². The van der Waals surface area contributed by atoms with Crippen LogP contribution in [0.4, 0.5) is 24.5 Å². The van der Waals surface area contributed by atoms with Crippen LogP contribution in [0.2, 0.25) is 0 Å². The first kappa shape index (κ1) is 23.1. The van der Waals surface area contributed by atoms with E-state index in [4.69, 9.17) is 4.74 Å². The number of alkyl halides is 3. The number of carbonyl (C=O) groups excluding carboxylic acids is 1. The average molecular weight is 464 g/mol. The number of aryl methyl sites for hydroxylation is 1. The lowest BCUT2D eigenvalue weighted by Crippen LogP contribution is -2.20. The van der Waals surface area contributed by atoms with Crippen LogP contribution in [0.1, 0.15) is 11.1 Å². The van der Waals surface area contributed by atoms with Gasteiger partial charge in [0.25, 0.3) is 15.9 Å². The van der Waals surface area contributed by atoms with Crippen LogP contribution in [0.3, 0.4) is 0 Å². The molecular weight excluding hydrogens is 445 g/mol. The molecule has 0 saturated heterocycles. The van der Waals surface area contributed by atoms with Gasteiger partial charge in [-0.15, -0.1) is 0 Å². The standard InChI is InChI=1S/C22H19F3N2O4S/c1-15-4-2-6-17(12-15)26-21(28)14-31-19-8-10-20(11-9-19)32(29,30)27-18-7-3-5-16(13-18)22(23,24)25/h2-13,27H,14H2,1H3,(H,26,28). The Morgan fingerprint density at radius 2 is 1.59 bits per heavy atom. The molecule has 0 heterocycles. The highest BCUT2D eigenvalue weighted by molar-refractivity contribution is 7.92. The first-order valence-corrected chi connectivity index (χ1v) is 10.8. The van der Waals surface area contributed by atoms with Gasteiger partial charge in [0, 0.05) is 11.4 Å². The summed E-state index contributed by atoms with van der Waals surface area (Å²) in [6.45, 7) is 1.60. The molecule has 10 heteroatoms. The van der Waals surface area contributed by atoms with Crippen LogP contribution in [-0.2, 0) is 21.0 Å². The fourth-order valence-corrected chi connectivity index (χ4v) is 3.81. The Morgan fingerprint density at radius 3 is 2.25 bits per heavy atom. The van der Waals surface area contributed by atoms with Crippen LogP contribution in [-0.4, -0.2) is 20.9 Å². The van der Waals surface area contributed by atoms with Crippen molar-refractivity contribution in [1.82, 2.24) is 0 Å². The van der Waals surface area contributed by atoms with E-state index >= 15 is 0 Å². The maximum Gasteiger partial charge on any atom is 0.416 e. The molecule has 32 heavy (non-hydrogen) atoms. The third-order valence-corrected chi connectivity index (χ3v) is 5.65. The molecular formula is C22H19F3N2O4S. The van der Waals surface area contributed by atoms with Gasteiger partial charge in [0.15, 0.2) is 6.61 Å². The summed E-state index contributed by atoms with van der Waals surface area (Å²) in [6, 6.07) is 16.3. The van der Waals surface area contributed by atoms with Gasteiger partial charge >= 0.3 is 6.18 Å². The number of amides is 1. The Morgan fingerprint density at radius 1 is 0.938 bits per heavy atom. The third kappa shape index (κ3) is 6.24. The van der Waals surface area contributed by atoms with E-state index in [1.165, 1.54) is 30.3 Å². The summed E-state index contributed by atoms with van der Waals surface area (Å²) in [4.78, 5) is 11.8. The van der Waals surface area contributed by atoms with Gasteiger partial charge in [-0.05, 0) is 67.1 Å². The zero-order chi connectivity index (χ0) is 23.4. The predicted molar refractivity (Wildman–Crippen MR) is 114 cm³/mol. The highest BCUT2D eigenvalue weighted by Gasteiger charge is 2.30. The van der Waals surface area contributed by atoms with Crippen molar-refractivity contribution in [2.75, 3.05) is 16.6 Å². The minimum absolute atomic E-state index is 0.175. The van der Waals surface area contributed by atoms with E-state index in [0.717, 1.165) is 17.7 Å². The molecule has 0 aliphatic carbocycles. The van der Waals surface area contributed by atoms with Crippen molar-refractivity contribution in [3.8, 4) is 5.75 Å². The van der Waals surface area contributed by atoms with Crippen LogP contribution in [0.15, 0.2) is 77.7 Å². The largest absolute Gasteiger partial charge is 0.484 e. The SMILES string of the molecule is Cc1cccc(NC(=O)COc2ccc(S(=O)(=O)Nc3cccc(C(F)(F)F)c3)cc2)c1. The molecule has 0 saturated carbocycles. The number of anilines is 2. The van der Waals surface area contributed by atoms with Gasteiger partial charge in [0.2, 0.25) is 0 Å². The van der Waals surface area contributed by atoms with E-state index in [1.807, 2.05) is 13.0 Å². The van der Waals surface area contributed by atoms with Crippen molar-refractivity contribution in [2.24, 2.45) is 0 Å². The second-order valence-electron chi connectivity index (χ2n) is 6.86. The fraction of sp³-hybridized carbons (Fsp3) is 0.136. The van der Waals surface area contributed by atoms with Crippen molar-refractivity contribution >= 4 is 27.3 Å². The zero-order valence-electron chi connectivity index (χ0n) is 16.8. The number of halogens is 3. The third-order valence-electron chi connectivity index (χ3n) is 4.25. The Kier molecular flexibility index (Phi) is 6.73. The van der Waals surface area contributed by atoms with Crippen molar-refractivity contribution in [2.45, 2.75) is 18.0 Å². The average Bonchev–Trinajstić information content (AvgIpc) is 2.72. The molecule has 168 valence electrons. The van der Waals surface area contributed by atoms with E-state index in [0.29, 0.717) is 11.8 Å². The molecule has 1 amide bonds. The molecule has 0 fully saturated rings. The van der Waals surface area contributed by atoms with Gasteiger partial charge in [0.05, 0.1) is 10.5 Å². The lowest BCUT2D eigenvalue weighted by atomic mass is 10.2. The minimum atomic E-state index is -4.59. The van der Waals surface area contributed by atoms with Gasteiger partial charge in [0.1, 0.15) is 5.75 Å². The molecule has 3 aromatic carbocycles. The summed E-state index contributed by atoms with van der Waals surface area (Å²) < 4.78 is 70.9. The van der Waals surface area contributed by atoms with E-state index in [-0.39, 0.29) is 22.9 Å². The van der Waals surface area contributed by atoms with Crippen LogP contribution in [0.5, 0.6) is 5.75 Å². The van der Waals surface area contributed by atoms with Crippen LogP contribution >= 0.6 is 0 Å². The lowest BCUT2D eigenvalue weighted by molar-refractivity contribution is -0.137.